The number of carbonyl (C=O) groups is 1. The molecule has 1 N–H and O–H groups in total. The molecule has 0 heterocycles. The Morgan fingerprint density at radius 2 is 1.65 bits per heavy atom. The van der Waals surface area contributed by atoms with Crippen LogP contribution in [0.2, 0.25) is 5.02 Å². The second-order valence-corrected chi connectivity index (χ2v) is 4.83. The van der Waals surface area contributed by atoms with Gasteiger partial charge in [0.05, 0.1) is 18.1 Å². The molecule has 0 aliphatic heterocycles. The molecule has 0 aliphatic carbocycles. The molecule has 0 aromatic heterocycles. The summed E-state index contributed by atoms with van der Waals surface area (Å²) < 4.78 is 0. The molecule has 1 amide bonds. The van der Waals surface area contributed by atoms with Crippen LogP contribution in [0.25, 0.3) is 0 Å². The highest BCUT2D eigenvalue weighted by molar-refractivity contribution is 6.30. The third-order valence-electron chi connectivity index (χ3n) is 2.85. The maximum absolute atomic E-state index is 11.8. The van der Waals surface area contributed by atoms with E-state index in [0.717, 1.165) is 11.1 Å². The number of benzene rings is 2. The van der Waals surface area contributed by atoms with Gasteiger partial charge in [0, 0.05) is 11.6 Å². The predicted molar refractivity (Wildman–Crippen MR) is 78.2 cm³/mol. The Morgan fingerprint density at radius 1 is 1.05 bits per heavy atom. The van der Waals surface area contributed by atoms with E-state index in [4.69, 9.17) is 16.9 Å². The second-order valence-electron chi connectivity index (χ2n) is 4.39. The Labute approximate surface area is 122 Å². The fraction of sp³-hybridized carbons (Fsp3) is 0.125. The summed E-state index contributed by atoms with van der Waals surface area (Å²) in [4.78, 5) is 11.8. The van der Waals surface area contributed by atoms with Crippen LogP contribution in [0.4, 0.5) is 0 Å². The minimum Gasteiger partial charge on any atom is -0.352 e. The van der Waals surface area contributed by atoms with Crippen molar-refractivity contribution in [1.82, 2.24) is 5.32 Å². The number of halogens is 1. The van der Waals surface area contributed by atoms with Crippen molar-refractivity contribution in [1.29, 1.82) is 5.26 Å². The summed E-state index contributed by atoms with van der Waals surface area (Å²) in [5.41, 5.74) is 2.50. The first kappa shape index (κ1) is 14.1. The summed E-state index contributed by atoms with van der Waals surface area (Å²) in [6, 6.07) is 16.4. The molecule has 0 spiro atoms. The largest absolute Gasteiger partial charge is 0.352 e. The van der Waals surface area contributed by atoms with Gasteiger partial charge in [0.15, 0.2) is 0 Å². The van der Waals surface area contributed by atoms with Gasteiger partial charge in [-0.3, -0.25) is 4.79 Å². The minimum absolute atomic E-state index is 0.0447. The van der Waals surface area contributed by atoms with Gasteiger partial charge in [-0.15, -0.1) is 0 Å². The smallest absolute Gasteiger partial charge is 0.224 e. The Kier molecular flexibility index (Phi) is 4.75. The summed E-state index contributed by atoms with van der Waals surface area (Å²) in [7, 11) is 0. The number of nitrogens with zero attached hydrogens (tertiary/aromatic N) is 1. The highest BCUT2D eigenvalue weighted by atomic mass is 35.5. The lowest BCUT2D eigenvalue weighted by Gasteiger charge is -2.06. The number of hydrogen-bond acceptors (Lipinski definition) is 2. The highest BCUT2D eigenvalue weighted by Gasteiger charge is 2.03. The quantitative estimate of drug-likeness (QED) is 0.938. The van der Waals surface area contributed by atoms with Gasteiger partial charge in [0.2, 0.25) is 5.91 Å². The molecule has 0 aliphatic rings. The molecular formula is C16H13ClN2O. The van der Waals surface area contributed by atoms with Crippen LogP contribution in [0.15, 0.2) is 48.5 Å². The van der Waals surface area contributed by atoms with E-state index >= 15 is 0 Å². The van der Waals surface area contributed by atoms with Gasteiger partial charge < -0.3 is 5.32 Å². The average Bonchev–Trinajstić information content (AvgIpc) is 2.48. The van der Waals surface area contributed by atoms with Gasteiger partial charge in [0.25, 0.3) is 0 Å². The van der Waals surface area contributed by atoms with Crippen LogP contribution in [0.3, 0.4) is 0 Å². The van der Waals surface area contributed by atoms with Crippen molar-refractivity contribution in [3.8, 4) is 6.07 Å². The zero-order valence-corrected chi connectivity index (χ0v) is 11.5. The molecular weight excluding hydrogens is 272 g/mol. The van der Waals surface area contributed by atoms with Gasteiger partial charge in [-0.25, -0.2) is 0 Å². The summed E-state index contributed by atoms with van der Waals surface area (Å²) >= 11 is 5.79. The van der Waals surface area contributed by atoms with E-state index in [9.17, 15) is 4.79 Å². The molecule has 0 saturated heterocycles. The molecule has 0 radical (unpaired) electrons. The van der Waals surface area contributed by atoms with Crippen LogP contribution < -0.4 is 5.32 Å². The van der Waals surface area contributed by atoms with Crippen LogP contribution in [0, 0.1) is 11.3 Å². The fourth-order valence-corrected chi connectivity index (χ4v) is 1.87. The first-order valence-electron chi connectivity index (χ1n) is 6.17. The summed E-state index contributed by atoms with van der Waals surface area (Å²) in [5.74, 6) is -0.0447. The van der Waals surface area contributed by atoms with Crippen LogP contribution in [0.1, 0.15) is 16.7 Å². The Balaban J connectivity index is 1.85. The van der Waals surface area contributed by atoms with Crippen molar-refractivity contribution in [3.63, 3.8) is 0 Å². The Bertz CT molecular complexity index is 627. The molecule has 0 atom stereocenters. The molecule has 0 unspecified atom stereocenters. The molecule has 2 aromatic rings. The van der Waals surface area contributed by atoms with Crippen molar-refractivity contribution in [3.05, 3.63) is 70.2 Å². The third-order valence-corrected chi connectivity index (χ3v) is 3.10. The van der Waals surface area contributed by atoms with Gasteiger partial charge in [0.1, 0.15) is 0 Å². The zero-order chi connectivity index (χ0) is 14.4. The average molecular weight is 285 g/mol. The normalized spacial score (nSPS) is 9.80. The van der Waals surface area contributed by atoms with Crippen molar-refractivity contribution < 1.29 is 4.79 Å². The van der Waals surface area contributed by atoms with Crippen molar-refractivity contribution in [2.75, 3.05) is 0 Å². The molecule has 2 aromatic carbocycles. The van der Waals surface area contributed by atoms with E-state index in [-0.39, 0.29) is 5.91 Å². The monoisotopic (exact) mass is 284 g/mol. The lowest BCUT2D eigenvalue weighted by Crippen LogP contribution is -2.24. The van der Waals surface area contributed by atoms with E-state index in [1.54, 1.807) is 24.3 Å². The van der Waals surface area contributed by atoms with Crippen LogP contribution >= 0.6 is 11.6 Å². The molecule has 2 rings (SSSR count). The minimum atomic E-state index is -0.0447. The Morgan fingerprint density at radius 3 is 2.25 bits per heavy atom. The third kappa shape index (κ3) is 4.11. The first-order chi connectivity index (χ1) is 9.67. The van der Waals surface area contributed by atoms with Crippen LogP contribution in [0.5, 0.6) is 0 Å². The molecule has 0 bridgehead atoms. The summed E-state index contributed by atoms with van der Waals surface area (Å²) in [6.45, 7) is 0.456. The fourth-order valence-electron chi connectivity index (χ4n) is 1.75. The van der Waals surface area contributed by atoms with Gasteiger partial charge >= 0.3 is 0 Å². The second kappa shape index (κ2) is 6.74. The highest BCUT2D eigenvalue weighted by Crippen LogP contribution is 2.10. The number of nitriles is 1. The SMILES string of the molecule is N#Cc1ccc(CNC(=O)Cc2ccc(Cl)cc2)cc1. The first-order valence-corrected chi connectivity index (χ1v) is 6.55. The molecule has 3 nitrogen and oxygen atoms in total. The maximum atomic E-state index is 11.8. The zero-order valence-electron chi connectivity index (χ0n) is 10.8. The van der Waals surface area contributed by atoms with E-state index in [1.807, 2.05) is 24.3 Å². The predicted octanol–water partition coefficient (Wildman–Crippen LogP) is 3.07. The van der Waals surface area contributed by atoms with Crippen molar-refractivity contribution in [2.24, 2.45) is 0 Å². The number of hydrogen-bond donors (Lipinski definition) is 1. The summed E-state index contributed by atoms with van der Waals surface area (Å²) in [5, 5.41) is 12.2. The van der Waals surface area contributed by atoms with E-state index in [0.29, 0.717) is 23.6 Å². The Hall–Kier alpha value is -2.31. The standard InChI is InChI=1S/C16H13ClN2O/c17-15-7-5-12(6-8-15)9-16(20)19-11-14-3-1-13(10-18)2-4-14/h1-8H,9,11H2,(H,19,20). The number of nitrogens with one attached hydrogen (secondary N) is 1. The molecule has 4 heteroatoms. The summed E-state index contributed by atoms with van der Waals surface area (Å²) in [6.07, 6.45) is 0.327. The van der Waals surface area contributed by atoms with E-state index in [2.05, 4.69) is 11.4 Å². The van der Waals surface area contributed by atoms with Gasteiger partial charge in [-0.1, -0.05) is 35.9 Å². The van der Waals surface area contributed by atoms with Crippen molar-refractivity contribution >= 4 is 17.5 Å². The van der Waals surface area contributed by atoms with Gasteiger partial charge in [-0.2, -0.15) is 5.26 Å². The molecule has 100 valence electrons. The molecule has 0 fully saturated rings. The molecule has 0 saturated carbocycles. The van der Waals surface area contributed by atoms with Gasteiger partial charge in [-0.05, 0) is 35.4 Å². The topological polar surface area (TPSA) is 52.9 Å². The number of rotatable bonds is 4. The van der Waals surface area contributed by atoms with E-state index in [1.165, 1.54) is 0 Å². The van der Waals surface area contributed by atoms with Crippen molar-refractivity contribution in [2.45, 2.75) is 13.0 Å². The number of amides is 1. The lowest BCUT2D eigenvalue weighted by molar-refractivity contribution is -0.120. The van der Waals surface area contributed by atoms with Crippen LogP contribution in [-0.2, 0) is 17.8 Å². The molecule has 20 heavy (non-hydrogen) atoms. The maximum Gasteiger partial charge on any atom is 0.224 e. The number of carbonyl (C=O) groups excluding carboxylic acids is 1. The van der Waals surface area contributed by atoms with Crippen LogP contribution in [-0.4, -0.2) is 5.91 Å². The van der Waals surface area contributed by atoms with E-state index < -0.39 is 0 Å². The lowest BCUT2D eigenvalue weighted by atomic mass is 10.1.